The van der Waals surface area contributed by atoms with Crippen LogP contribution in [0.3, 0.4) is 0 Å². The van der Waals surface area contributed by atoms with Gasteiger partial charge in [0, 0.05) is 23.6 Å². The molecule has 0 unspecified atom stereocenters. The van der Waals surface area contributed by atoms with Gasteiger partial charge < -0.3 is 9.74 Å². The van der Waals surface area contributed by atoms with Crippen LogP contribution in [0.2, 0.25) is 5.02 Å². The highest BCUT2D eigenvalue weighted by atomic mass is 35.5. The van der Waals surface area contributed by atoms with Crippen LogP contribution in [0.25, 0.3) is 0 Å². The third-order valence-electron chi connectivity index (χ3n) is 5.22. The van der Waals surface area contributed by atoms with Gasteiger partial charge in [-0.15, -0.1) is 0 Å². The molecular weight excluding hydrogens is 415 g/mol. The maximum absolute atomic E-state index is 13.7. The molecule has 3 aromatic rings. The van der Waals surface area contributed by atoms with E-state index in [0.717, 1.165) is 16.8 Å². The summed E-state index contributed by atoms with van der Waals surface area (Å²) in [4.78, 5) is 20.5. The minimum absolute atomic E-state index is 0.282. The van der Waals surface area contributed by atoms with E-state index in [4.69, 9.17) is 16.4 Å². The second kappa shape index (κ2) is 9.31. The molecule has 0 radical (unpaired) electrons. The van der Waals surface area contributed by atoms with Crippen molar-refractivity contribution in [3.05, 3.63) is 106 Å². The molecule has 1 aliphatic heterocycles. The molecule has 158 valence electrons. The Morgan fingerprint density at radius 3 is 2.65 bits per heavy atom. The Morgan fingerprint density at radius 2 is 1.90 bits per heavy atom. The maximum atomic E-state index is 13.7. The summed E-state index contributed by atoms with van der Waals surface area (Å²) in [5.74, 6) is -0.738. The minimum Gasteiger partial charge on any atom is -0.390 e. The van der Waals surface area contributed by atoms with Gasteiger partial charge in [-0.2, -0.15) is 0 Å². The second-order valence-electron chi connectivity index (χ2n) is 7.62. The average Bonchev–Trinajstić information content (AvgIpc) is 3.23. The van der Waals surface area contributed by atoms with E-state index >= 15 is 0 Å². The molecule has 0 aliphatic carbocycles. The van der Waals surface area contributed by atoms with E-state index in [9.17, 15) is 9.18 Å². The number of benzene rings is 3. The molecule has 31 heavy (non-hydrogen) atoms. The van der Waals surface area contributed by atoms with Crippen molar-refractivity contribution in [2.75, 3.05) is 6.54 Å². The number of amides is 1. The van der Waals surface area contributed by atoms with Gasteiger partial charge in [-0.25, -0.2) is 4.39 Å². The fourth-order valence-corrected chi connectivity index (χ4v) is 3.74. The highest BCUT2D eigenvalue weighted by Gasteiger charge is 2.28. The lowest BCUT2D eigenvalue weighted by Gasteiger charge is -2.25. The molecule has 6 heteroatoms. The molecule has 3 aromatic carbocycles. The summed E-state index contributed by atoms with van der Waals surface area (Å²) in [5, 5.41) is 4.81. The minimum atomic E-state index is -0.453. The third kappa shape index (κ3) is 5.12. The summed E-state index contributed by atoms with van der Waals surface area (Å²) < 4.78 is 13.7. The van der Waals surface area contributed by atoms with Gasteiger partial charge in [0.05, 0.1) is 12.3 Å². The second-order valence-corrected chi connectivity index (χ2v) is 8.03. The van der Waals surface area contributed by atoms with Gasteiger partial charge in [0.25, 0.3) is 5.91 Å². The molecule has 0 fully saturated rings. The van der Waals surface area contributed by atoms with E-state index in [-0.39, 0.29) is 24.1 Å². The van der Waals surface area contributed by atoms with Crippen LogP contribution in [0.4, 0.5) is 4.39 Å². The van der Waals surface area contributed by atoms with Crippen LogP contribution in [-0.2, 0) is 11.4 Å². The summed E-state index contributed by atoms with van der Waals surface area (Å²) in [6.07, 6.45) is 0.287. The van der Waals surface area contributed by atoms with Crippen LogP contribution in [0.15, 0.2) is 78.0 Å². The molecule has 0 N–H and O–H groups in total. The van der Waals surface area contributed by atoms with Crippen LogP contribution < -0.4 is 0 Å². The predicted molar refractivity (Wildman–Crippen MR) is 120 cm³/mol. The molecule has 0 spiro atoms. The number of aryl methyl sites for hydroxylation is 1. The quantitative estimate of drug-likeness (QED) is 0.503. The van der Waals surface area contributed by atoms with Crippen molar-refractivity contribution in [1.29, 1.82) is 0 Å². The summed E-state index contributed by atoms with van der Waals surface area (Å²) in [6, 6.07) is 21.1. The molecule has 0 saturated heterocycles. The first kappa shape index (κ1) is 21.1. The van der Waals surface area contributed by atoms with Crippen LogP contribution in [0.1, 0.15) is 33.5 Å². The first-order valence-corrected chi connectivity index (χ1v) is 10.5. The lowest BCUT2D eigenvalue weighted by atomic mass is 10.0. The number of carbonyl (C=O) groups excluding carboxylic acids is 1. The lowest BCUT2D eigenvalue weighted by Crippen LogP contribution is -2.37. The summed E-state index contributed by atoms with van der Waals surface area (Å²) in [7, 11) is 0. The molecule has 0 aromatic heterocycles. The molecule has 1 aliphatic rings. The van der Waals surface area contributed by atoms with Gasteiger partial charge in [0.15, 0.2) is 6.10 Å². The molecule has 1 amide bonds. The highest BCUT2D eigenvalue weighted by molar-refractivity contribution is 6.31. The Hall–Kier alpha value is -3.18. The Bertz CT molecular complexity index is 1110. The first-order valence-electron chi connectivity index (χ1n) is 10.1. The largest absolute Gasteiger partial charge is 0.390 e. The molecule has 4 rings (SSSR count). The topological polar surface area (TPSA) is 41.9 Å². The number of halogens is 2. The van der Waals surface area contributed by atoms with Gasteiger partial charge in [0.1, 0.15) is 5.82 Å². The molecule has 1 heterocycles. The van der Waals surface area contributed by atoms with Crippen molar-refractivity contribution in [2.24, 2.45) is 5.16 Å². The standard InChI is InChI=1S/C25H22ClFN2O2/c1-17-9-11-18(12-10-17)24-14-22(31-28-24)16-29(15-20-5-2-3-8-23(20)26)25(30)19-6-4-7-21(27)13-19/h2-13,22H,14-16H2,1H3/t22-/m0/s1. The number of oxime groups is 1. The van der Waals surface area contributed by atoms with E-state index in [1.807, 2.05) is 49.4 Å². The highest BCUT2D eigenvalue weighted by Crippen LogP contribution is 2.22. The summed E-state index contributed by atoms with van der Waals surface area (Å²) in [6.45, 7) is 2.62. The molecule has 0 bridgehead atoms. The third-order valence-corrected chi connectivity index (χ3v) is 5.59. The fraction of sp³-hybridized carbons (Fsp3) is 0.200. The van der Waals surface area contributed by atoms with Gasteiger partial charge in [-0.3, -0.25) is 4.79 Å². The Balaban J connectivity index is 1.53. The van der Waals surface area contributed by atoms with Crippen molar-refractivity contribution >= 4 is 23.2 Å². The number of hydrogen-bond donors (Lipinski definition) is 0. The number of nitrogens with zero attached hydrogens (tertiary/aromatic N) is 2. The zero-order chi connectivity index (χ0) is 21.8. The number of hydrogen-bond acceptors (Lipinski definition) is 3. The van der Waals surface area contributed by atoms with Crippen LogP contribution in [-0.4, -0.2) is 29.2 Å². The first-order chi connectivity index (χ1) is 15.0. The van der Waals surface area contributed by atoms with E-state index in [2.05, 4.69) is 5.16 Å². The molecule has 4 nitrogen and oxygen atoms in total. The number of rotatable bonds is 6. The molecule has 1 atom stereocenters. The fourth-order valence-electron chi connectivity index (χ4n) is 3.54. The Kier molecular flexibility index (Phi) is 6.33. The zero-order valence-corrected chi connectivity index (χ0v) is 17.8. The summed E-state index contributed by atoms with van der Waals surface area (Å²) >= 11 is 6.32. The lowest BCUT2D eigenvalue weighted by molar-refractivity contribution is 0.0405. The summed E-state index contributed by atoms with van der Waals surface area (Å²) in [5.41, 5.74) is 4.12. The SMILES string of the molecule is Cc1ccc(C2=NO[C@H](CN(Cc3ccccc3Cl)C(=O)c3cccc(F)c3)C2)cc1. The Labute approximate surface area is 185 Å². The smallest absolute Gasteiger partial charge is 0.254 e. The van der Waals surface area contributed by atoms with E-state index in [1.54, 1.807) is 17.0 Å². The monoisotopic (exact) mass is 436 g/mol. The number of carbonyl (C=O) groups is 1. The Morgan fingerprint density at radius 1 is 1.13 bits per heavy atom. The molecular formula is C25H22ClFN2O2. The van der Waals surface area contributed by atoms with E-state index in [1.165, 1.54) is 23.8 Å². The molecule has 0 saturated carbocycles. The van der Waals surface area contributed by atoms with E-state index in [0.29, 0.717) is 18.0 Å². The average molecular weight is 437 g/mol. The van der Waals surface area contributed by atoms with Crippen molar-refractivity contribution in [3.63, 3.8) is 0 Å². The van der Waals surface area contributed by atoms with E-state index < -0.39 is 5.82 Å². The normalized spacial score (nSPS) is 15.3. The van der Waals surface area contributed by atoms with Gasteiger partial charge in [-0.05, 0) is 42.3 Å². The van der Waals surface area contributed by atoms with Crippen LogP contribution >= 0.6 is 11.6 Å². The van der Waals surface area contributed by atoms with Crippen molar-refractivity contribution in [1.82, 2.24) is 4.90 Å². The van der Waals surface area contributed by atoms with Gasteiger partial charge in [-0.1, -0.05) is 70.9 Å². The van der Waals surface area contributed by atoms with Crippen LogP contribution in [0.5, 0.6) is 0 Å². The van der Waals surface area contributed by atoms with Crippen molar-refractivity contribution in [2.45, 2.75) is 26.0 Å². The maximum Gasteiger partial charge on any atom is 0.254 e. The zero-order valence-electron chi connectivity index (χ0n) is 17.1. The van der Waals surface area contributed by atoms with Crippen LogP contribution in [0, 0.1) is 12.7 Å². The predicted octanol–water partition coefficient (Wildman–Crippen LogP) is 5.62. The van der Waals surface area contributed by atoms with Crippen molar-refractivity contribution < 1.29 is 14.0 Å². The van der Waals surface area contributed by atoms with Crippen molar-refractivity contribution in [3.8, 4) is 0 Å². The van der Waals surface area contributed by atoms with Gasteiger partial charge in [0.2, 0.25) is 0 Å². The van der Waals surface area contributed by atoms with Gasteiger partial charge >= 0.3 is 0 Å².